The molecule has 0 spiro atoms. The van der Waals surface area contributed by atoms with Crippen LogP contribution in [0.1, 0.15) is 37.7 Å². The molecule has 0 radical (unpaired) electrons. The molecule has 150 valence electrons. The van der Waals surface area contributed by atoms with Crippen molar-refractivity contribution in [1.82, 2.24) is 25.2 Å². The standard InChI is InChI=1S/C21H28N6.HI/c1-5-22-20(23-14-19-26-25-18-8-6-7-13-27(18)19)24-15-21(3,4)17-11-9-16(2)10-12-17;/h6-13H,5,14-15H2,1-4H3,(H2,22,23,24);1H. The molecule has 0 aliphatic rings. The van der Waals surface area contributed by atoms with Gasteiger partial charge in [-0.05, 0) is 31.5 Å². The van der Waals surface area contributed by atoms with Crippen LogP contribution in [0.2, 0.25) is 0 Å². The number of nitrogens with one attached hydrogen (secondary N) is 2. The van der Waals surface area contributed by atoms with Gasteiger partial charge in [0.25, 0.3) is 0 Å². The summed E-state index contributed by atoms with van der Waals surface area (Å²) in [6.45, 7) is 10.7. The van der Waals surface area contributed by atoms with Gasteiger partial charge in [0, 0.05) is 24.7 Å². The minimum absolute atomic E-state index is 0. The van der Waals surface area contributed by atoms with E-state index in [4.69, 9.17) is 0 Å². The van der Waals surface area contributed by atoms with Crippen molar-refractivity contribution in [2.75, 3.05) is 13.1 Å². The first kappa shape index (κ1) is 22.1. The maximum Gasteiger partial charge on any atom is 0.191 e. The van der Waals surface area contributed by atoms with Gasteiger partial charge in [-0.15, -0.1) is 34.2 Å². The van der Waals surface area contributed by atoms with Gasteiger partial charge in [-0.1, -0.05) is 49.7 Å². The minimum Gasteiger partial charge on any atom is -0.357 e. The molecule has 2 N–H and O–H groups in total. The summed E-state index contributed by atoms with van der Waals surface area (Å²) in [7, 11) is 0. The SMILES string of the molecule is CCNC(=NCc1nnc2ccccn12)NCC(C)(C)c1ccc(C)cc1.I. The fourth-order valence-electron chi connectivity index (χ4n) is 2.90. The highest BCUT2D eigenvalue weighted by Crippen LogP contribution is 2.22. The molecule has 0 atom stereocenters. The van der Waals surface area contributed by atoms with Crippen molar-refractivity contribution in [3.8, 4) is 0 Å². The molecule has 0 aliphatic carbocycles. The zero-order chi connectivity index (χ0) is 19.3. The van der Waals surface area contributed by atoms with Crippen molar-refractivity contribution in [1.29, 1.82) is 0 Å². The number of guanidine groups is 1. The third kappa shape index (κ3) is 5.43. The normalized spacial score (nSPS) is 11.9. The molecular weight excluding hydrogens is 463 g/mol. The van der Waals surface area contributed by atoms with Gasteiger partial charge in [-0.25, -0.2) is 4.99 Å². The molecule has 0 saturated heterocycles. The first-order chi connectivity index (χ1) is 13.0. The van der Waals surface area contributed by atoms with Gasteiger partial charge >= 0.3 is 0 Å². The second-order valence-corrected chi connectivity index (χ2v) is 7.34. The van der Waals surface area contributed by atoms with E-state index >= 15 is 0 Å². The number of aliphatic imine (C=N–C) groups is 1. The number of fused-ring (bicyclic) bond motifs is 1. The molecule has 7 heteroatoms. The van der Waals surface area contributed by atoms with Crippen LogP contribution in [0, 0.1) is 6.92 Å². The predicted molar refractivity (Wildman–Crippen MR) is 125 cm³/mol. The summed E-state index contributed by atoms with van der Waals surface area (Å²) in [5.41, 5.74) is 3.41. The van der Waals surface area contributed by atoms with Crippen molar-refractivity contribution < 1.29 is 0 Å². The number of halogens is 1. The van der Waals surface area contributed by atoms with E-state index in [0.29, 0.717) is 6.54 Å². The molecule has 6 nitrogen and oxygen atoms in total. The Morgan fingerprint density at radius 2 is 1.82 bits per heavy atom. The van der Waals surface area contributed by atoms with Gasteiger partial charge in [0.2, 0.25) is 0 Å². The molecule has 28 heavy (non-hydrogen) atoms. The smallest absolute Gasteiger partial charge is 0.191 e. The lowest BCUT2D eigenvalue weighted by Gasteiger charge is -2.27. The number of benzene rings is 1. The molecule has 0 bridgehead atoms. The van der Waals surface area contributed by atoms with Crippen molar-refractivity contribution >= 4 is 35.6 Å². The first-order valence-corrected chi connectivity index (χ1v) is 9.37. The van der Waals surface area contributed by atoms with E-state index in [1.807, 2.05) is 28.8 Å². The van der Waals surface area contributed by atoms with Crippen LogP contribution in [0.3, 0.4) is 0 Å². The van der Waals surface area contributed by atoms with Crippen LogP contribution in [-0.4, -0.2) is 33.6 Å². The van der Waals surface area contributed by atoms with Gasteiger partial charge < -0.3 is 10.6 Å². The quantitative estimate of drug-likeness (QED) is 0.313. The topological polar surface area (TPSA) is 66.6 Å². The fourth-order valence-corrected chi connectivity index (χ4v) is 2.90. The summed E-state index contributed by atoms with van der Waals surface area (Å²) in [6, 6.07) is 14.6. The zero-order valence-corrected chi connectivity index (χ0v) is 19.3. The molecule has 3 aromatic rings. The number of nitrogens with zero attached hydrogens (tertiary/aromatic N) is 4. The van der Waals surface area contributed by atoms with Crippen molar-refractivity contribution in [3.63, 3.8) is 0 Å². The van der Waals surface area contributed by atoms with Crippen molar-refractivity contribution in [3.05, 3.63) is 65.6 Å². The lowest BCUT2D eigenvalue weighted by Crippen LogP contribution is -2.43. The number of pyridine rings is 1. The number of aryl methyl sites for hydroxylation is 1. The monoisotopic (exact) mass is 492 g/mol. The van der Waals surface area contributed by atoms with Crippen LogP contribution < -0.4 is 10.6 Å². The molecule has 0 fully saturated rings. The molecule has 3 rings (SSSR count). The third-order valence-corrected chi connectivity index (χ3v) is 4.64. The van der Waals surface area contributed by atoms with E-state index in [0.717, 1.165) is 30.5 Å². The summed E-state index contributed by atoms with van der Waals surface area (Å²) >= 11 is 0. The molecule has 0 unspecified atom stereocenters. The lowest BCUT2D eigenvalue weighted by molar-refractivity contribution is 0.508. The van der Waals surface area contributed by atoms with E-state index < -0.39 is 0 Å². The summed E-state index contributed by atoms with van der Waals surface area (Å²) in [6.07, 6.45) is 1.96. The van der Waals surface area contributed by atoms with Crippen LogP contribution in [0.4, 0.5) is 0 Å². The number of rotatable bonds is 6. The third-order valence-electron chi connectivity index (χ3n) is 4.64. The average Bonchev–Trinajstić information content (AvgIpc) is 3.08. The van der Waals surface area contributed by atoms with Gasteiger partial charge in [0.1, 0.15) is 6.54 Å². The van der Waals surface area contributed by atoms with Gasteiger partial charge in [0.15, 0.2) is 17.4 Å². The van der Waals surface area contributed by atoms with Gasteiger partial charge in [-0.2, -0.15) is 0 Å². The zero-order valence-electron chi connectivity index (χ0n) is 16.9. The molecule has 0 saturated carbocycles. The molecule has 2 heterocycles. The maximum absolute atomic E-state index is 4.69. The highest BCUT2D eigenvalue weighted by atomic mass is 127. The van der Waals surface area contributed by atoms with Crippen LogP contribution in [0.25, 0.3) is 5.65 Å². The minimum atomic E-state index is -0.00848. The van der Waals surface area contributed by atoms with Gasteiger partial charge in [0.05, 0.1) is 0 Å². The lowest BCUT2D eigenvalue weighted by atomic mass is 9.84. The predicted octanol–water partition coefficient (Wildman–Crippen LogP) is 3.69. The summed E-state index contributed by atoms with van der Waals surface area (Å²) in [4.78, 5) is 4.69. The Balaban J connectivity index is 0.00000280. The van der Waals surface area contributed by atoms with Crippen LogP contribution >= 0.6 is 24.0 Å². The second-order valence-electron chi connectivity index (χ2n) is 7.34. The highest BCUT2D eigenvalue weighted by Gasteiger charge is 2.20. The van der Waals surface area contributed by atoms with Crippen LogP contribution in [-0.2, 0) is 12.0 Å². The number of hydrogen-bond donors (Lipinski definition) is 2. The molecular formula is C21H29IN6. The Kier molecular flexibility index (Phi) is 7.79. The van der Waals surface area contributed by atoms with E-state index in [1.165, 1.54) is 11.1 Å². The Morgan fingerprint density at radius 3 is 2.54 bits per heavy atom. The van der Waals surface area contributed by atoms with E-state index in [9.17, 15) is 0 Å². The Labute approximate surface area is 183 Å². The molecule has 0 aliphatic heterocycles. The van der Waals surface area contributed by atoms with Crippen molar-refractivity contribution in [2.24, 2.45) is 4.99 Å². The maximum atomic E-state index is 4.69. The van der Waals surface area contributed by atoms with E-state index in [-0.39, 0.29) is 29.4 Å². The van der Waals surface area contributed by atoms with Crippen molar-refractivity contribution in [2.45, 2.75) is 39.7 Å². The van der Waals surface area contributed by atoms with E-state index in [1.54, 1.807) is 0 Å². The van der Waals surface area contributed by atoms with Gasteiger partial charge in [-0.3, -0.25) is 4.40 Å². The summed E-state index contributed by atoms with van der Waals surface area (Å²) in [5.74, 6) is 1.60. The largest absolute Gasteiger partial charge is 0.357 e. The molecule has 2 aromatic heterocycles. The average molecular weight is 492 g/mol. The molecule has 1 aromatic carbocycles. The number of aromatic nitrogens is 3. The second kappa shape index (κ2) is 9.86. The summed E-state index contributed by atoms with van der Waals surface area (Å²) in [5, 5.41) is 15.2. The molecule has 0 amide bonds. The fraction of sp³-hybridized carbons (Fsp3) is 0.381. The van der Waals surface area contributed by atoms with Crippen LogP contribution in [0.5, 0.6) is 0 Å². The Bertz CT molecular complexity index is 914. The Morgan fingerprint density at radius 1 is 1.07 bits per heavy atom. The summed E-state index contributed by atoms with van der Waals surface area (Å²) < 4.78 is 1.96. The highest BCUT2D eigenvalue weighted by molar-refractivity contribution is 14.0. The van der Waals surface area contributed by atoms with Crippen LogP contribution in [0.15, 0.2) is 53.7 Å². The van der Waals surface area contributed by atoms with E-state index in [2.05, 4.69) is 77.8 Å². The number of hydrogen-bond acceptors (Lipinski definition) is 3. The Hall–Kier alpha value is -2.16. The first-order valence-electron chi connectivity index (χ1n) is 9.37.